The summed E-state index contributed by atoms with van der Waals surface area (Å²) in [6, 6.07) is 22.3. The lowest BCUT2D eigenvalue weighted by Gasteiger charge is -2.35. The third-order valence-corrected chi connectivity index (χ3v) is 13.9. The molecular weight excluding hydrogens is 1030 g/mol. The molecule has 23 heteroatoms. The second kappa shape index (κ2) is 26.8. The lowest BCUT2D eigenvalue weighted by molar-refractivity contribution is -0.192. The predicted octanol–water partition coefficient (Wildman–Crippen LogP) is 4.94. The van der Waals surface area contributed by atoms with Gasteiger partial charge in [-0.2, -0.15) is 13.2 Å². The third kappa shape index (κ3) is 15.4. The number of aromatic hydroxyl groups is 1. The molecule has 0 saturated heterocycles. The molecule has 0 aromatic heterocycles. The summed E-state index contributed by atoms with van der Waals surface area (Å²) < 4.78 is 55.2. The molecule has 6 aliphatic rings. The molecule has 78 heavy (non-hydrogen) atoms. The zero-order valence-electron chi connectivity index (χ0n) is 43.5. The van der Waals surface area contributed by atoms with Gasteiger partial charge in [0.25, 0.3) is 0 Å². The fraction of sp³-hybridized carbons (Fsp3) is 0.418. The fourth-order valence-electron chi connectivity index (χ4n) is 10.1. The van der Waals surface area contributed by atoms with E-state index in [2.05, 4.69) is 53.9 Å². The van der Waals surface area contributed by atoms with Gasteiger partial charge in [-0.15, -0.1) is 0 Å². The van der Waals surface area contributed by atoms with E-state index in [0.717, 1.165) is 73.1 Å². The lowest BCUT2D eigenvalue weighted by Crippen LogP contribution is -2.42. The van der Waals surface area contributed by atoms with Crippen molar-refractivity contribution in [2.24, 2.45) is 17.2 Å². The van der Waals surface area contributed by atoms with Crippen LogP contribution in [0.15, 0.2) is 103 Å². The summed E-state index contributed by atoms with van der Waals surface area (Å²) in [4.78, 5) is 43.2. The zero-order valence-corrected chi connectivity index (χ0v) is 43.5. The van der Waals surface area contributed by atoms with Crippen molar-refractivity contribution >= 4 is 24.0 Å². The Morgan fingerprint density at radius 2 is 1.04 bits per heavy atom. The average Bonchev–Trinajstić information content (AvgIpc) is 4.02. The monoisotopic (exact) mass is 1100 g/mol. The van der Waals surface area contributed by atoms with Gasteiger partial charge < -0.3 is 81.7 Å². The van der Waals surface area contributed by atoms with Gasteiger partial charge in [0.2, 0.25) is 0 Å². The highest BCUT2D eigenvalue weighted by molar-refractivity contribution is 5.74. The van der Waals surface area contributed by atoms with Crippen LogP contribution in [0.5, 0.6) is 28.7 Å². The number of hydrogen-bond donors (Lipinski definition) is 10. The number of carbonyl (C=O) groups is 4. The zero-order chi connectivity index (χ0) is 57.7. The maximum atomic E-state index is 10.6. The minimum atomic E-state index is -5.08. The molecule has 1 amide bonds. The van der Waals surface area contributed by atoms with Gasteiger partial charge in [-0.25, -0.2) is 9.59 Å². The first kappa shape index (κ1) is 61.4. The van der Waals surface area contributed by atoms with E-state index in [4.69, 9.17) is 65.5 Å². The number of primary amides is 1. The molecular formula is C55H68F3N5O15. The lowest BCUT2D eigenvalue weighted by atomic mass is 9.69. The Labute approximate surface area is 448 Å². The maximum Gasteiger partial charge on any atom is 0.490 e. The standard InChI is InChI=1S/2C17H21NO3.C9H11NO3.C9H11NO2.C2HF3O2.CH3NO2/c2*1-18-8-7-17-6-5-12(19)9-14(17)21-16-13(20-2)4-3-11(10-18)15(16)17;10-8(9(12)13)5-6-1-3-7(11)4-2-6;10-8(9(11)12)6-7-4-2-1-3-5-7;3-2(4,5)1(6)7;2-1(3)4/h2*3-6,12,14,19H,7-10H2,1-2H3;1-4,8,11H,5,10H2,(H,12,13);1-5,8H,6,10H2,(H,11,12);(H,6,7);2H2,(H,3,4)/t2*12-,14-,17-;;;;/m00..../s1. The number of amides is 1. The van der Waals surface area contributed by atoms with Crippen LogP contribution in [0.4, 0.5) is 18.0 Å². The number of rotatable bonds is 8. The van der Waals surface area contributed by atoms with Crippen molar-refractivity contribution in [3.05, 3.63) is 137 Å². The van der Waals surface area contributed by atoms with Crippen molar-refractivity contribution in [2.75, 3.05) is 41.4 Å². The number of aliphatic carboxylic acids is 3. The number of halogens is 3. The molecule has 0 saturated carbocycles. The van der Waals surface area contributed by atoms with Crippen molar-refractivity contribution in [3.8, 4) is 28.7 Å². The minimum absolute atomic E-state index is 0.00838. The predicted molar refractivity (Wildman–Crippen MR) is 279 cm³/mol. The molecule has 13 N–H and O–H groups in total. The Balaban J connectivity index is 0.000000184. The van der Waals surface area contributed by atoms with Crippen LogP contribution in [0.3, 0.4) is 0 Å². The van der Waals surface area contributed by atoms with Crippen molar-refractivity contribution in [3.63, 3.8) is 0 Å². The highest BCUT2D eigenvalue weighted by Gasteiger charge is 2.54. The molecule has 2 aliphatic carbocycles. The maximum absolute atomic E-state index is 10.6. The Hall–Kier alpha value is -7.41. The van der Waals surface area contributed by atoms with Gasteiger partial charge in [-0.1, -0.05) is 78.9 Å². The van der Waals surface area contributed by atoms with Crippen molar-refractivity contribution in [1.29, 1.82) is 0 Å². The van der Waals surface area contributed by atoms with E-state index < -0.39 is 54.5 Å². The molecule has 4 aromatic carbocycles. The van der Waals surface area contributed by atoms with Gasteiger partial charge in [0, 0.05) is 37.1 Å². The molecule has 4 aliphatic heterocycles. The molecule has 10 rings (SSSR count). The van der Waals surface area contributed by atoms with Gasteiger partial charge in [-0.3, -0.25) is 9.59 Å². The summed E-state index contributed by atoms with van der Waals surface area (Å²) >= 11 is 0. The number of methoxy groups -OCH3 is 2. The Morgan fingerprint density at radius 3 is 1.38 bits per heavy atom. The first-order chi connectivity index (χ1) is 36.7. The number of phenolic OH excluding ortho intramolecular Hbond substituents is 1. The molecule has 0 fully saturated rings. The molecule has 8 atom stereocenters. The van der Waals surface area contributed by atoms with E-state index in [0.29, 0.717) is 19.3 Å². The number of alkyl halides is 3. The number of nitrogens with two attached hydrogens (primary N) is 3. The van der Waals surface area contributed by atoms with Crippen LogP contribution in [0, 0.1) is 0 Å². The highest BCUT2D eigenvalue weighted by atomic mass is 19.4. The third-order valence-electron chi connectivity index (χ3n) is 13.9. The SMILES string of the molecule is COc1ccc2c3c1O[C@H]1C[C@@H](O)C=C[C@@]31CCN(C)C2.COc1ccc2c3c1O[C@H]1C[C@@H](O)C=C[C@@]31CCN(C)C2.NC(=O)O.NC(Cc1ccc(O)cc1)C(=O)O.NC(Cc1ccccc1)C(=O)O.O=C(O)C(F)(F)F. The number of aliphatic hydroxyl groups is 2. The molecule has 20 nitrogen and oxygen atoms in total. The van der Waals surface area contributed by atoms with E-state index in [1.54, 1.807) is 26.4 Å². The number of ether oxygens (including phenoxy) is 4. The average molecular weight is 1100 g/mol. The Bertz CT molecular complexity index is 2660. The summed E-state index contributed by atoms with van der Waals surface area (Å²) in [7, 11) is 7.69. The molecule has 2 unspecified atom stereocenters. The van der Waals surface area contributed by atoms with E-state index in [1.807, 2.05) is 54.6 Å². The largest absolute Gasteiger partial charge is 0.508 e. The number of hydrogen-bond acceptors (Lipinski definition) is 15. The summed E-state index contributed by atoms with van der Waals surface area (Å²) in [6.07, 6.45) is 5.00. The number of carboxylic acid groups (broad SMARTS) is 4. The van der Waals surface area contributed by atoms with Crippen LogP contribution in [0.25, 0.3) is 0 Å². The van der Waals surface area contributed by atoms with Crippen LogP contribution in [-0.2, 0) is 51.1 Å². The number of nitrogens with zero attached hydrogens (tertiary/aromatic N) is 2. The minimum Gasteiger partial charge on any atom is -0.508 e. The normalized spacial score (nSPS) is 23.5. The second-order valence-corrected chi connectivity index (χ2v) is 19.4. The Morgan fingerprint density at radius 1 is 0.667 bits per heavy atom. The summed E-state index contributed by atoms with van der Waals surface area (Å²) in [5.41, 5.74) is 21.4. The van der Waals surface area contributed by atoms with E-state index in [-0.39, 0.29) is 35.2 Å². The van der Waals surface area contributed by atoms with Crippen LogP contribution in [0.1, 0.15) is 59.1 Å². The van der Waals surface area contributed by atoms with E-state index in [1.165, 1.54) is 34.4 Å². The molecule has 2 spiro atoms. The first-order valence-corrected chi connectivity index (χ1v) is 24.7. The Kier molecular flexibility index (Phi) is 21.1. The summed E-state index contributed by atoms with van der Waals surface area (Å²) in [6.45, 7) is 3.91. The summed E-state index contributed by atoms with van der Waals surface area (Å²) in [5.74, 6) is -1.21. The van der Waals surface area contributed by atoms with Gasteiger partial charge in [0.1, 0.15) is 30.0 Å². The van der Waals surface area contributed by atoms with Crippen molar-refractivity contribution < 1.29 is 87.0 Å². The van der Waals surface area contributed by atoms with Crippen molar-refractivity contribution in [2.45, 2.75) is 105 Å². The van der Waals surface area contributed by atoms with Crippen LogP contribution in [0.2, 0.25) is 0 Å². The smallest absolute Gasteiger partial charge is 0.490 e. The van der Waals surface area contributed by atoms with Crippen LogP contribution < -0.4 is 36.1 Å². The highest BCUT2D eigenvalue weighted by Crippen LogP contribution is 2.57. The summed E-state index contributed by atoms with van der Waals surface area (Å²) in [5, 5.41) is 60.3. The van der Waals surface area contributed by atoms with Crippen LogP contribution in [-0.4, -0.2) is 154 Å². The van der Waals surface area contributed by atoms with Gasteiger partial charge in [-0.05, 0) is 99.4 Å². The molecule has 4 aromatic rings. The first-order valence-electron chi connectivity index (χ1n) is 24.7. The topological polar surface area (TPSA) is 331 Å². The van der Waals surface area contributed by atoms with Gasteiger partial charge in [0.05, 0.1) is 37.3 Å². The molecule has 4 heterocycles. The van der Waals surface area contributed by atoms with Gasteiger partial charge >= 0.3 is 30.2 Å². The fourth-order valence-corrected chi connectivity index (χ4v) is 10.1. The molecule has 0 radical (unpaired) electrons. The number of carboxylic acids is 3. The van der Waals surface area contributed by atoms with Crippen molar-refractivity contribution in [1.82, 2.24) is 9.80 Å². The number of benzene rings is 4. The van der Waals surface area contributed by atoms with E-state index in [9.17, 15) is 33.0 Å². The molecule has 0 bridgehead atoms. The number of aliphatic hydroxyl groups excluding tert-OH is 2. The second-order valence-electron chi connectivity index (χ2n) is 19.4. The number of phenols is 1. The quantitative estimate of drug-likeness (QED) is 0.104. The van der Waals surface area contributed by atoms with Crippen LogP contribution >= 0.6 is 0 Å². The van der Waals surface area contributed by atoms with E-state index >= 15 is 0 Å². The molecule has 424 valence electrons. The van der Waals surface area contributed by atoms with Gasteiger partial charge in [0.15, 0.2) is 23.0 Å².